The number of benzene rings is 1. The lowest BCUT2D eigenvalue weighted by Crippen LogP contribution is -2.32. The van der Waals surface area contributed by atoms with Crippen molar-refractivity contribution in [2.24, 2.45) is 5.92 Å². The number of carbonyl (C=O) groups is 1. The van der Waals surface area contributed by atoms with Crippen molar-refractivity contribution in [1.82, 2.24) is 5.32 Å². The number of halogens is 1. The molecule has 2 unspecified atom stereocenters. The van der Waals surface area contributed by atoms with Gasteiger partial charge in [-0.25, -0.2) is 0 Å². The van der Waals surface area contributed by atoms with Crippen LogP contribution < -0.4 is 10.1 Å². The van der Waals surface area contributed by atoms with Gasteiger partial charge >= 0.3 is 0 Å². The van der Waals surface area contributed by atoms with Gasteiger partial charge in [-0.2, -0.15) is 0 Å². The summed E-state index contributed by atoms with van der Waals surface area (Å²) in [5.41, 5.74) is 0.454. The first-order valence-electron chi connectivity index (χ1n) is 8.06. The predicted octanol–water partition coefficient (Wildman–Crippen LogP) is 3.16. The average Bonchev–Trinajstić information content (AvgIpc) is 2.86. The van der Waals surface area contributed by atoms with Gasteiger partial charge in [0.05, 0.1) is 22.8 Å². The Kier molecular flexibility index (Phi) is 4.89. The minimum absolute atomic E-state index is 0.156. The van der Waals surface area contributed by atoms with Gasteiger partial charge in [-0.1, -0.05) is 18.0 Å². The van der Waals surface area contributed by atoms with Crippen LogP contribution in [-0.2, 0) is 0 Å². The molecule has 0 heterocycles. The van der Waals surface area contributed by atoms with Crippen LogP contribution in [0.4, 0.5) is 0 Å². The number of aliphatic hydroxyl groups is 1. The molecule has 2 atom stereocenters. The molecule has 3 rings (SSSR count). The van der Waals surface area contributed by atoms with Crippen LogP contribution in [0.25, 0.3) is 0 Å². The normalized spacial score (nSPS) is 24.8. The third kappa shape index (κ3) is 3.55. The number of rotatable bonds is 5. The van der Waals surface area contributed by atoms with E-state index in [9.17, 15) is 9.90 Å². The maximum absolute atomic E-state index is 12.2. The summed E-state index contributed by atoms with van der Waals surface area (Å²) >= 11 is 6.20. The Morgan fingerprint density at radius 3 is 2.64 bits per heavy atom. The molecule has 2 N–H and O–H groups in total. The van der Waals surface area contributed by atoms with Crippen molar-refractivity contribution in [1.29, 1.82) is 0 Å². The van der Waals surface area contributed by atoms with Crippen molar-refractivity contribution in [3.63, 3.8) is 0 Å². The molecule has 2 saturated carbocycles. The largest absolute Gasteiger partial charge is 0.490 e. The van der Waals surface area contributed by atoms with Gasteiger partial charge in [-0.15, -0.1) is 0 Å². The van der Waals surface area contributed by atoms with Crippen LogP contribution in [0.5, 0.6) is 5.75 Å². The minimum atomic E-state index is -0.297. The molecule has 1 aromatic carbocycles. The van der Waals surface area contributed by atoms with Gasteiger partial charge in [0, 0.05) is 12.5 Å². The monoisotopic (exact) mass is 323 g/mol. The fourth-order valence-corrected chi connectivity index (χ4v) is 3.27. The Balaban J connectivity index is 1.57. The molecular formula is C17H22ClNO3. The molecule has 22 heavy (non-hydrogen) atoms. The maximum atomic E-state index is 12.2. The van der Waals surface area contributed by atoms with Crippen LogP contribution in [-0.4, -0.2) is 29.8 Å². The zero-order chi connectivity index (χ0) is 15.5. The van der Waals surface area contributed by atoms with E-state index in [4.69, 9.17) is 16.3 Å². The number of hydrogen-bond donors (Lipinski definition) is 2. The first-order valence-corrected chi connectivity index (χ1v) is 8.44. The molecule has 2 aliphatic rings. The number of nitrogens with one attached hydrogen (secondary N) is 1. The fourth-order valence-electron chi connectivity index (χ4n) is 3.01. The van der Waals surface area contributed by atoms with Crippen LogP contribution in [0.3, 0.4) is 0 Å². The summed E-state index contributed by atoms with van der Waals surface area (Å²) in [6.07, 6.45) is 6.20. The highest BCUT2D eigenvalue weighted by Crippen LogP contribution is 2.29. The van der Waals surface area contributed by atoms with Gasteiger partial charge in [0.2, 0.25) is 0 Å². The lowest BCUT2D eigenvalue weighted by atomic mass is 9.96. The summed E-state index contributed by atoms with van der Waals surface area (Å²) in [5, 5.41) is 13.1. The van der Waals surface area contributed by atoms with Crippen molar-refractivity contribution < 1.29 is 14.6 Å². The first kappa shape index (κ1) is 15.6. The molecule has 0 aliphatic heterocycles. The second-order valence-corrected chi connectivity index (χ2v) is 6.69. The molecule has 0 saturated heterocycles. The summed E-state index contributed by atoms with van der Waals surface area (Å²) < 4.78 is 5.77. The van der Waals surface area contributed by atoms with Crippen molar-refractivity contribution in [3.8, 4) is 5.75 Å². The lowest BCUT2D eigenvalue weighted by Gasteiger charge is -2.26. The van der Waals surface area contributed by atoms with E-state index < -0.39 is 0 Å². The van der Waals surface area contributed by atoms with Crippen LogP contribution in [0.15, 0.2) is 18.2 Å². The van der Waals surface area contributed by atoms with Crippen LogP contribution in [0, 0.1) is 5.92 Å². The second-order valence-electron chi connectivity index (χ2n) is 6.28. The number of ether oxygens (including phenoxy) is 1. The van der Waals surface area contributed by atoms with Gasteiger partial charge in [-0.3, -0.25) is 4.79 Å². The summed E-state index contributed by atoms with van der Waals surface area (Å²) in [7, 11) is 0. The van der Waals surface area contributed by atoms with Gasteiger partial charge in [0.25, 0.3) is 5.91 Å². The molecule has 0 radical (unpaired) electrons. The lowest BCUT2D eigenvalue weighted by molar-refractivity contribution is 0.0916. The van der Waals surface area contributed by atoms with E-state index in [0.717, 1.165) is 37.9 Å². The van der Waals surface area contributed by atoms with Crippen molar-refractivity contribution in [2.75, 3.05) is 6.54 Å². The zero-order valence-electron chi connectivity index (χ0n) is 12.6. The Bertz CT molecular complexity index is 545. The third-order valence-corrected chi connectivity index (χ3v) is 5.00. The molecule has 4 nitrogen and oxygen atoms in total. The number of carbonyl (C=O) groups excluding carboxylic acids is 1. The molecular weight excluding hydrogens is 302 g/mol. The summed E-state index contributed by atoms with van der Waals surface area (Å²) in [4.78, 5) is 12.2. The van der Waals surface area contributed by atoms with E-state index in [2.05, 4.69) is 5.32 Å². The maximum Gasteiger partial charge on any atom is 0.252 e. The van der Waals surface area contributed by atoms with E-state index >= 15 is 0 Å². The Hall–Kier alpha value is -1.26. The SMILES string of the molecule is O=C(NCC1CCCC1O)c1ccc(OC2CCC2)cc1Cl. The molecule has 5 heteroatoms. The number of hydrogen-bond acceptors (Lipinski definition) is 3. The van der Waals surface area contributed by atoms with Crippen LogP contribution >= 0.6 is 11.6 Å². The summed E-state index contributed by atoms with van der Waals surface area (Å²) in [6, 6.07) is 5.21. The molecule has 2 fully saturated rings. The van der Waals surface area contributed by atoms with Crippen LogP contribution in [0.2, 0.25) is 5.02 Å². The van der Waals surface area contributed by atoms with Crippen LogP contribution in [0.1, 0.15) is 48.9 Å². The molecule has 0 bridgehead atoms. The molecule has 120 valence electrons. The molecule has 1 aromatic rings. The minimum Gasteiger partial charge on any atom is -0.490 e. The second kappa shape index (κ2) is 6.88. The molecule has 0 aromatic heterocycles. The Labute approximate surface area is 135 Å². The first-order chi connectivity index (χ1) is 10.6. The quantitative estimate of drug-likeness (QED) is 0.875. The Morgan fingerprint density at radius 2 is 2.05 bits per heavy atom. The van der Waals surface area contributed by atoms with E-state index in [1.165, 1.54) is 6.42 Å². The third-order valence-electron chi connectivity index (χ3n) is 4.68. The summed E-state index contributed by atoms with van der Waals surface area (Å²) in [5.74, 6) is 0.681. The predicted molar refractivity (Wildman–Crippen MR) is 85.4 cm³/mol. The topological polar surface area (TPSA) is 58.6 Å². The summed E-state index contributed by atoms with van der Waals surface area (Å²) in [6.45, 7) is 0.497. The Morgan fingerprint density at radius 1 is 1.27 bits per heavy atom. The molecule has 2 aliphatic carbocycles. The van der Waals surface area contributed by atoms with Gasteiger partial charge in [0.1, 0.15) is 5.75 Å². The highest BCUT2D eigenvalue weighted by molar-refractivity contribution is 6.34. The molecule has 1 amide bonds. The number of amides is 1. The smallest absolute Gasteiger partial charge is 0.252 e. The highest BCUT2D eigenvalue weighted by Gasteiger charge is 2.26. The highest BCUT2D eigenvalue weighted by atomic mass is 35.5. The average molecular weight is 324 g/mol. The van der Waals surface area contributed by atoms with Crippen molar-refractivity contribution in [3.05, 3.63) is 28.8 Å². The van der Waals surface area contributed by atoms with E-state index in [1.54, 1.807) is 18.2 Å². The zero-order valence-corrected chi connectivity index (χ0v) is 13.3. The fraction of sp³-hybridized carbons (Fsp3) is 0.588. The number of aliphatic hydroxyl groups excluding tert-OH is 1. The van der Waals surface area contributed by atoms with Crippen molar-refractivity contribution >= 4 is 17.5 Å². The van der Waals surface area contributed by atoms with Gasteiger partial charge in [0.15, 0.2) is 0 Å². The van der Waals surface area contributed by atoms with Crippen molar-refractivity contribution in [2.45, 2.75) is 50.7 Å². The van der Waals surface area contributed by atoms with E-state index in [1.807, 2.05) is 0 Å². The van der Waals surface area contributed by atoms with Gasteiger partial charge < -0.3 is 15.2 Å². The van der Waals surface area contributed by atoms with Gasteiger partial charge in [-0.05, 0) is 50.3 Å². The standard InChI is InChI=1S/C17H22ClNO3/c18-15-9-13(22-12-4-2-5-12)7-8-14(15)17(21)19-10-11-3-1-6-16(11)20/h7-9,11-12,16,20H,1-6,10H2,(H,19,21). The molecule has 0 spiro atoms. The van der Waals surface area contributed by atoms with E-state index in [-0.39, 0.29) is 17.9 Å². The van der Waals surface area contributed by atoms with E-state index in [0.29, 0.717) is 23.2 Å².